The van der Waals surface area contributed by atoms with Crippen molar-refractivity contribution in [1.29, 1.82) is 0 Å². The number of aryl methyl sites for hydroxylation is 1. The molecular formula is C14H23N3O2. The van der Waals surface area contributed by atoms with E-state index >= 15 is 0 Å². The van der Waals surface area contributed by atoms with Gasteiger partial charge in [0.15, 0.2) is 0 Å². The van der Waals surface area contributed by atoms with Crippen LogP contribution in [0.4, 0.5) is 0 Å². The number of aromatic nitrogens is 3. The van der Waals surface area contributed by atoms with Gasteiger partial charge in [0.05, 0.1) is 17.8 Å². The number of hydrogen-bond donors (Lipinski definition) is 1. The van der Waals surface area contributed by atoms with Crippen LogP contribution in [-0.4, -0.2) is 26.1 Å². The first-order valence-electron chi connectivity index (χ1n) is 6.88. The van der Waals surface area contributed by atoms with Crippen molar-refractivity contribution >= 4 is 5.97 Å². The molecule has 0 saturated heterocycles. The minimum Gasteiger partial charge on any atom is -0.481 e. The van der Waals surface area contributed by atoms with Crippen LogP contribution in [0.1, 0.15) is 51.6 Å². The summed E-state index contributed by atoms with van der Waals surface area (Å²) in [7, 11) is 1.84. The van der Waals surface area contributed by atoms with Crippen LogP contribution in [0.3, 0.4) is 0 Å². The van der Waals surface area contributed by atoms with E-state index < -0.39 is 5.97 Å². The second-order valence-electron chi connectivity index (χ2n) is 6.71. The van der Waals surface area contributed by atoms with E-state index in [1.807, 2.05) is 7.05 Å². The van der Waals surface area contributed by atoms with Gasteiger partial charge in [-0.25, -0.2) is 0 Å². The Morgan fingerprint density at radius 3 is 2.58 bits per heavy atom. The minimum atomic E-state index is -0.696. The maximum absolute atomic E-state index is 11.5. The van der Waals surface area contributed by atoms with Crippen molar-refractivity contribution < 1.29 is 9.90 Å². The summed E-state index contributed by atoms with van der Waals surface area (Å²) in [4.78, 5) is 11.5. The van der Waals surface area contributed by atoms with Crippen LogP contribution in [0.25, 0.3) is 0 Å². The van der Waals surface area contributed by atoms with Crippen molar-refractivity contribution in [3.8, 4) is 0 Å². The van der Waals surface area contributed by atoms with E-state index in [-0.39, 0.29) is 17.3 Å². The van der Waals surface area contributed by atoms with E-state index in [2.05, 4.69) is 31.1 Å². The number of rotatable bonds is 2. The van der Waals surface area contributed by atoms with Gasteiger partial charge in [0, 0.05) is 13.0 Å². The number of carboxylic acid groups (broad SMARTS) is 1. The first-order valence-corrected chi connectivity index (χ1v) is 6.88. The number of nitrogens with zero attached hydrogens (tertiary/aromatic N) is 3. The maximum atomic E-state index is 11.5. The van der Waals surface area contributed by atoms with Gasteiger partial charge in [-0.3, -0.25) is 9.48 Å². The number of carbonyl (C=O) groups is 1. The van der Waals surface area contributed by atoms with Crippen LogP contribution < -0.4 is 0 Å². The van der Waals surface area contributed by atoms with Gasteiger partial charge in [0.25, 0.3) is 0 Å². The molecule has 106 valence electrons. The fourth-order valence-electron chi connectivity index (χ4n) is 3.21. The summed E-state index contributed by atoms with van der Waals surface area (Å²) in [6.45, 7) is 6.70. The van der Waals surface area contributed by atoms with Gasteiger partial charge in [0.2, 0.25) is 0 Å². The fourth-order valence-corrected chi connectivity index (χ4v) is 3.21. The number of aliphatic carboxylic acids is 1. The third kappa shape index (κ3) is 2.80. The second kappa shape index (κ2) is 4.94. The van der Waals surface area contributed by atoms with Gasteiger partial charge in [-0.15, -0.1) is 5.10 Å². The molecule has 1 fully saturated rings. The molecule has 3 unspecified atom stereocenters. The van der Waals surface area contributed by atoms with E-state index in [1.54, 1.807) is 10.9 Å². The Labute approximate surface area is 114 Å². The quantitative estimate of drug-likeness (QED) is 0.891. The highest BCUT2D eigenvalue weighted by molar-refractivity contribution is 5.71. The van der Waals surface area contributed by atoms with Gasteiger partial charge in [0.1, 0.15) is 0 Å². The summed E-state index contributed by atoms with van der Waals surface area (Å²) >= 11 is 0. The SMILES string of the molecule is Cn1nncc1C1CC(C(C)(C)C)CCC1C(=O)O. The molecule has 1 aliphatic carbocycles. The van der Waals surface area contributed by atoms with Crippen LogP contribution >= 0.6 is 0 Å². The van der Waals surface area contributed by atoms with Crippen LogP contribution in [0, 0.1) is 17.3 Å². The molecule has 1 aromatic heterocycles. The maximum Gasteiger partial charge on any atom is 0.307 e. The minimum absolute atomic E-state index is 0.0236. The van der Waals surface area contributed by atoms with Crippen molar-refractivity contribution in [2.75, 3.05) is 0 Å². The molecule has 0 spiro atoms. The molecule has 0 bridgehead atoms. The lowest BCUT2D eigenvalue weighted by atomic mass is 9.65. The molecule has 0 amide bonds. The highest BCUT2D eigenvalue weighted by Crippen LogP contribution is 2.46. The summed E-state index contributed by atoms with van der Waals surface area (Å²) in [5.41, 5.74) is 1.16. The van der Waals surface area contributed by atoms with Crippen molar-refractivity contribution in [1.82, 2.24) is 15.0 Å². The highest BCUT2D eigenvalue weighted by Gasteiger charge is 2.40. The molecule has 1 aliphatic rings. The molecule has 3 atom stereocenters. The zero-order valence-corrected chi connectivity index (χ0v) is 12.1. The smallest absolute Gasteiger partial charge is 0.307 e. The average Bonchev–Trinajstić information content (AvgIpc) is 2.73. The molecule has 19 heavy (non-hydrogen) atoms. The molecular weight excluding hydrogens is 242 g/mol. The Bertz CT molecular complexity index is 462. The largest absolute Gasteiger partial charge is 0.481 e. The standard InChI is InChI=1S/C14H23N3O2/c1-14(2,3)9-5-6-10(13(18)19)11(7-9)12-8-15-16-17(12)4/h8-11H,5-7H2,1-4H3,(H,18,19). The Morgan fingerprint density at radius 2 is 2.11 bits per heavy atom. The first kappa shape index (κ1) is 14.0. The second-order valence-corrected chi connectivity index (χ2v) is 6.71. The van der Waals surface area contributed by atoms with Crippen molar-refractivity contribution in [3.05, 3.63) is 11.9 Å². The molecule has 1 heterocycles. The molecule has 1 N–H and O–H groups in total. The molecule has 5 nitrogen and oxygen atoms in total. The van der Waals surface area contributed by atoms with E-state index in [1.165, 1.54) is 0 Å². The molecule has 2 rings (SSSR count). The molecule has 0 aliphatic heterocycles. The van der Waals surface area contributed by atoms with Crippen molar-refractivity contribution in [3.63, 3.8) is 0 Å². The normalized spacial score (nSPS) is 28.3. The zero-order chi connectivity index (χ0) is 14.2. The Kier molecular flexibility index (Phi) is 3.65. The van der Waals surface area contributed by atoms with E-state index in [0.717, 1.165) is 25.0 Å². The van der Waals surface area contributed by atoms with Crippen molar-refractivity contribution in [2.45, 2.75) is 46.0 Å². The van der Waals surface area contributed by atoms with Gasteiger partial charge in [-0.2, -0.15) is 0 Å². The zero-order valence-electron chi connectivity index (χ0n) is 12.1. The van der Waals surface area contributed by atoms with Crippen LogP contribution in [0.5, 0.6) is 0 Å². The summed E-state index contributed by atoms with van der Waals surface area (Å²) in [5.74, 6) is -0.437. The summed E-state index contributed by atoms with van der Waals surface area (Å²) in [6, 6.07) is 0. The lowest BCUT2D eigenvalue weighted by Gasteiger charge is -2.40. The lowest BCUT2D eigenvalue weighted by molar-refractivity contribution is -0.144. The highest BCUT2D eigenvalue weighted by atomic mass is 16.4. The molecule has 5 heteroatoms. The first-order chi connectivity index (χ1) is 8.80. The fraction of sp³-hybridized carbons (Fsp3) is 0.786. The molecule has 1 saturated carbocycles. The summed E-state index contributed by atoms with van der Waals surface area (Å²) < 4.78 is 1.71. The van der Waals surface area contributed by atoms with Gasteiger partial charge >= 0.3 is 5.97 Å². The Morgan fingerprint density at radius 1 is 1.42 bits per heavy atom. The van der Waals surface area contributed by atoms with Crippen LogP contribution in [0.15, 0.2) is 6.20 Å². The summed E-state index contributed by atoms with van der Waals surface area (Å²) in [5, 5.41) is 17.3. The lowest BCUT2D eigenvalue weighted by Crippen LogP contribution is -2.35. The van der Waals surface area contributed by atoms with Crippen molar-refractivity contribution in [2.24, 2.45) is 24.3 Å². The third-order valence-corrected chi connectivity index (χ3v) is 4.52. The van der Waals surface area contributed by atoms with Gasteiger partial charge < -0.3 is 5.11 Å². The Balaban J connectivity index is 2.28. The van der Waals surface area contributed by atoms with Crippen LogP contribution in [0.2, 0.25) is 0 Å². The topological polar surface area (TPSA) is 68.0 Å². The molecule has 0 aromatic carbocycles. The molecule has 0 radical (unpaired) electrons. The number of hydrogen-bond acceptors (Lipinski definition) is 3. The predicted octanol–water partition coefficient (Wildman–Crippen LogP) is 2.45. The third-order valence-electron chi connectivity index (χ3n) is 4.52. The Hall–Kier alpha value is -1.39. The van der Waals surface area contributed by atoms with Crippen LogP contribution in [-0.2, 0) is 11.8 Å². The van der Waals surface area contributed by atoms with Gasteiger partial charge in [-0.05, 0) is 30.6 Å². The predicted molar refractivity (Wildman–Crippen MR) is 71.7 cm³/mol. The van der Waals surface area contributed by atoms with E-state index in [9.17, 15) is 9.90 Å². The van der Waals surface area contributed by atoms with E-state index in [0.29, 0.717) is 5.92 Å². The monoisotopic (exact) mass is 265 g/mol. The van der Waals surface area contributed by atoms with E-state index in [4.69, 9.17) is 0 Å². The molecule has 1 aromatic rings. The summed E-state index contributed by atoms with van der Waals surface area (Å²) in [6.07, 6.45) is 4.35. The number of carboxylic acids is 1. The average molecular weight is 265 g/mol. The van der Waals surface area contributed by atoms with Gasteiger partial charge in [-0.1, -0.05) is 26.0 Å².